The van der Waals surface area contributed by atoms with Crippen LogP contribution in [0.4, 0.5) is 5.13 Å². The molecule has 4 heteroatoms. The summed E-state index contributed by atoms with van der Waals surface area (Å²) < 4.78 is 1.07. The van der Waals surface area contributed by atoms with Gasteiger partial charge in [-0.05, 0) is 24.3 Å². The smallest absolute Gasteiger partial charge is 0.257 e. The van der Waals surface area contributed by atoms with Gasteiger partial charge in [0.15, 0.2) is 5.13 Å². The summed E-state index contributed by atoms with van der Waals surface area (Å²) in [6, 6.07) is 16.9. The van der Waals surface area contributed by atoms with Crippen LogP contribution in [0.3, 0.4) is 0 Å². The van der Waals surface area contributed by atoms with Crippen molar-refractivity contribution in [2.75, 3.05) is 5.32 Å². The lowest BCUT2D eigenvalue weighted by Gasteiger charge is -2.00. The van der Waals surface area contributed by atoms with Crippen molar-refractivity contribution in [1.29, 1.82) is 0 Å². The molecular formula is C18H22N2OS. The van der Waals surface area contributed by atoms with Gasteiger partial charge in [-0.3, -0.25) is 10.1 Å². The van der Waals surface area contributed by atoms with Crippen molar-refractivity contribution < 1.29 is 4.79 Å². The zero-order valence-electron chi connectivity index (χ0n) is 13.5. The Hall–Kier alpha value is -2.20. The van der Waals surface area contributed by atoms with E-state index in [0.29, 0.717) is 10.7 Å². The van der Waals surface area contributed by atoms with Gasteiger partial charge in [0, 0.05) is 5.56 Å². The summed E-state index contributed by atoms with van der Waals surface area (Å²) in [5.41, 5.74) is 1.54. The summed E-state index contributed by atoms with van der Waals surface area (Å²) in [5, 5.41) is 3.45. The van der Waals surface area contributed by atoms with Gasteiger partial charge in [-0.25, -0.2) is 4.98 Å². The molecule has 1 amide bonds. The first-order valence-corrected chi connectivity index (χ1v) is 8.36. The quantitative estimate of drug-likeness (QED) is 0.669. The number of thiazole rings is 1. The van der Waals surface area contributed by atoms with Crippen molar-refractivity contribution in [3.63, 3.8) is 0 Å². The number of anilines is 1. The third-order valence-corrected chi connectivity index (χ3v) is 3.50. The molecule has 3 aromatic rings. The average molecular weight is 314 g/mol. The number of para-hydroxylation sites is 1. The fourth-order valence-electron chi connectivity index (χ4n) is 1.68. The number of aromatic nitrogens is 1. The lowest BCUT2D eigenvalue weighted by Crippen LogP contribution is -2.11. The van der Waals surface area contributed by atoms with Gasteiger partial charge < -0.3 is 0 Å². The molecule has 3 rings (SSSR count). The number of fused-ring (bicyclic) bond motifs is 1. The molecule has 22 heavy (non-hydrogen) atoms. The van der Waals surface area contributed by atoms with Gasteiger partial charge in [-0.2, -0.15) is 0 Å². The first kappa shape index (κ1) is 17.9. The summed E-state index contributed by atoms with van der Waals surface area (Å²) in [4.78, 5) is 16.3. The molecule has 0 atom stereocenters. The van der Waals surface area contributed by atoms with Crippen molar-refractivity contribution in [3.8, 4) is 0 Å². The summed E-state index contributed by atoms with van der Waals surface area (Å²) in [6.45, 7) is 8.00. The van der Waals surface area contributed by atoms with E-state index < -0.39 is 0 Å². The van der Waals surface area contributed by atoms with Gasteiger partial charge in [-0.15, -0.1) is 0 Å². The minimum absolute atomic E-state index is 0.130. The second-order valence-corrected chi connectivity index (χ2v) is 4.84. The molecule has 1 heterocycles. The molecule has 0 aliphatic heterocycles. The number of nitrogens with zero attached hydrogens (tertiary/aromatic N) is 1. The zero-order valence-corrected chi connectivity index (χ0v) is 14.3. The van der Waals surface area contributed by atoms with Crippen LogP contribution >= 0.6 is 11.3 Å². The lowest BCUT2D eigenvalue weighted by molar-refractivity contribution is 0.102. The molecule has 116 valence electrons. The monoisotopic (exact) mass is 314 g/mol. The van der Waals surface area contributed by atoms with E-state index in [1.807, 2.05) is 70.2 Å². The highest BCUT2D eigenvalue weighted by molar-refractivity contribution is 7.22. The Bertz CT molecular complexity index is 659. The van der Waals surface area contributed by atoms with Crippen LogP contribution in [0.25, 0.3) is 10.2 Å². The largest absolute Gasteiger partial charge is 0.298 e. The maximum atomic E-state index is 11.9. The highest BCUT2D eigenvalue weighted by Crippen LogP contribution is 2.25. The van der Waals surface area contributed by atoms with Crippen LogP contribution in [-0.4, -0.2) is 10.9 Å². The van der Waals surface area contributed by atoms with Crippen molar-refractivity contribution in [3.05, 3.63) is 60.2 Å². The van der Waals surface area contributed by atoms with Crippen molar-refractivity contribution in [2.45, 2.75) is 27.7 Å². The number of benzene rings is 2. The molecule has 0 bridgehead atoms. The lowest BCUT2D eigenvalue weighted by atomic mass is 10.2. The van der Waals surface area contributed by atoms with E-state index in [1.54, 1.807) is 12.1 Å². The van der Waals surface area contributed by atoms with E-state index in [-0.39, 0.29) is 5.91 Å². The Morgan fingerprint density at radius 3 is 2.14 bits per heavy atom. The SMILES string of the molecule is CC.CC.O=C(Nc1nc2ccccc2s1)c1ccccc1. The van der Waals surface area contributed by atoms with E-state index in [1.165, 1.54) is 11.3 Å². The molecule has 1 aromatic heterocycles. The normalized spacial score (nSPS) is 9.09. The third kappa shape index (κ3) is 4.67. The van der Waals surface area contributed by atoms with Crippen LogP contribution in [0, 0.1) is 0 Å². The molecule has 0 aliphatic carbocycles. The second kappa shape index (κ2) is 9.68. The zero-order chi connectivity index (χ0) is 16.4. The van der Waals surface area contributed by atoms with E-state index >= 15 is 0 Å². The molecule has 0 saturated heterocycles. The Morgan fingerprint density at radius 1 is 0.909 bits per heavy atom. The Kier molecular flexibility index (Phi) is 7.86. The van der Waals surface area contributed by atoms with Gasteiger partial charge in [0.25, 0.3) is 5.91 Å². The molecule has 3 nitrogen and oxygen atoms in total. The topological polar surface area (TPSA) is 42.0 Å². The van der Waals surface area contributed by atoms with Crippen LogP contribution in [0.1, 0.15) is 38.1 Å². The van der Waals surface area contributed by atoms with E-state index in [0.717, 1.165) is 10.2 Å². The molecule has 0 spiro atoms. The summed E-state index contributed by atoms with van der Waals surface area (Å²) in [7, 11) is 0. The predicted octanol–water partition coefficient (Wildman–Crippen LogP) is 5.60. The van der Waals surface area contributed by atoms with Gasteiger partial charge in [0.05, 0.1) is 10.2 Å². The number of carbonyl (C=O) groups is 1. The van der Waals surface area contributed by atoms with E-state index in [9.17, 15) is 4.79 Å². The van der Waals surface area contributed by atoms with Gasteiger partial charge in [-0.1, -0.05) is 69.4 Å². The molecule has 2 aromatic carbocycles. The van der Waals surface area contributed by atoms with Crippen LogP contribution in [0.5, 0.6) is 0 Å². The van der Waals surface area contributed by atoms with Crippen molar-refractivity contribution in [1.82, 2.24) is 4.98 Å². The Labute approximate surface area is 136 Å². The minimum atomic E-state index is -0.130. The number of amides is 1. The van der Waals surface area contributed by atoms with Crippen LogP contribution in [0.15, 0.2) is 54.6 Å². The number of rotatable bonds is 2. The fourth-order valence-corrected chi connectivity index (χ4v) is 2.55. The average Bonchev–Trinajstić information content (AvgIpc) is 3.01. The van der Waals surface area contributed by atoms with E-state index in [4.69, 9.17) is 0 Å². The second-order valence-electron chi connectivity index (χ2n) is 3.81. The van der Waals surface area contributed by atoms with E-state index in [2.05, 4.69) is 10.3 Å². The maximum absolute atomic E-state index is 11.9. The highest BCUT2D eigenvalue weighted by atomic mass is 32.1. The van der Waals surface area contributed by atoms with Crippen molar-refractivity contribution >= 4 is 32.6 Å². The number of hydrogen-bond donors (Lipinski definition) is 1. The number of hydrogen-bond acceptors (Lipinski definition) is 3. The summed E-state index contributed by atoms with van der Waals surface area (Å²) >= 11 is 1.48. The predicted molar refractivity (Wildman–Crippen MR) is 96.7 cm³/mol. The molecule has 0 radical (unpaired) electrons. The van der Waals surface area contributed by atoms with Crippen LogP contribution in [0.2, 0.25) is 0 Å². The minimum Gasteiger partial charge on any atom is -0.298 e. The fraction of sp³-hybridized carbons (Fsp3) is 0.222. The molecule has 1 N–H and O–H groups in total. The standard InChI is InChI=1S/C14H10N2OS.2C2H6/c17-13(10-6-2-1-3-7-10)16-14-15-11-8-4-5-9-12(11)18-14;2*1-2/h1-9H,(H,15,16,17);2*1-2H3. The highest BCUT2D eigenvalue weighted by Gasteiger charge is 2.08. The maximum Gasteiger partial charge on any atom is 0.257 e. The van der Waals surface area contributed by atoms with Crippen molar-refractivity contribution in [2.24, 2.45) is 0 Å². The van der Waals surface area contributed by atoms with Crippen LogP contribution < -0.4 is 5.32 Å². The van der Waals surface area contributed by atoms with Gasteiger partial charge in [0.1, 0.15) is 0 Å². The molecular weight excluding hydrogens is 292 g/mol. The number of carbonyl (C=O) groups excluding carboxylic acids is 1. The van der Waals surface area contributed by atoms with Gasteiger partial charge in [0.2, 0.25) is 0 Å². The number of nitrogens with one attached hydrogen (secondary N) is 1. The summed E-state index contributed by atoms with van der Waals surface area (Å²) in [5.74, 6) is -0.130. The summed E-state index contributed by atoms with van der Waals surface area (Å²) in [6.07, 6.45) is 0. The third-order valence-electron chi connectivity index (χ3n) is 2.55. The molecule has 0 aliphatic rings. The molecule has 0 fully saturated rings. The molecule has 0 unspecified atom stereocenters. The first-order chi connectivity index (χ1) is 10.8. The Balaban J connectivity index is 0.000000561. The Morgan fingerprint density at radius 2 is 1.50 bits per heavy atom. The first-order valence-electron chi connectivity index (χ1n) is 7.55. The van der Waals surface area contributed by atoms with Crippen LogP contribution in [-0.2, 0) is 0 Å². The molecule has 0 saturated carbocycles. The van der Waals surface area contributed by atoms with Gasteiger partial charge >= 0.3 is 0 Å².